The molecular weight excluding hydrogens is 228 g/mol. The van der Waals surface area contributed by atoms with Crippen molar-refractivity contribution >= 4 is 26.9 Å². The quantitative estimate of drug-likeness (QED) is 0.728. The molecule has 0 radical (unpaired) electrons. The van der Waals surface area contributed by atoms with Crippen molar-refractivity contribution in [1.29, 1.82) is 0 Å². The van der Waals surface area contributed by atoms with Crippen LogP contribution in [-0.4, -0.2) is 0 Å². The molecule has 2 heteroatoms. The molecular formula is C11H9BrO. The highest BCUT2D eigenvalue weighted by molar-refractivity contribution is 9.10. The number of benzene rings is 1. The summed E-state index contributed by atoms with van der Waals surface area (Å²) in [7, 11) is 0. The third kappa shape index (κ3) is 1.20. The third-order valence-corrected chi connectivity index (χ3v) is 3.21. The molecule has 1 aliphatic rings. The Balaban J connectivity index is 2.24. The average Bonchev–Trinajstić information content (AvgIpc) is 2.93. The van der Waals surface area contributed by atoms with E-state index in [1.54, 1.807) is 6.26 Å². The lowest BCUT2D eigenvalue weighted by atomic mass is 10.1. The van der Waals surface area contributed by atoms with Gasteiger partial charge in [-0.2, -0.15) is 0 Å². The van der Waals surface area contributed by atoms with Gasteiger partial charge in [0, 0.05) is 5.39 Å². The van der Waals surface area contributed by atoms with E-state index in [1.165, 1.54) is 23.8 Å². The first kappa shape index (κ1) is 7.63. The highest BCUT2D eigenvalue weighted by Crippen LogP contribution is 2.41. The van der Waals surface area contributed by atoms with E-state index in [0.29, 0.717) is 0 Å². The van der Waals surface area contributed by atoms with Gasteiger partial charge in [-0.15, -0.1) is 0 Å². The van der Waals surface area contributed by atoms with E-state index in [-0.39, 0.29) is 0 Å². The molecule has 1 heterocycles. The van der Waals surface area contributed by atoms with Gasteiger partial charge in [-0.1, -0.05) is 6.07 Å². The topological polar surface area (TPSA) is 13.1 Å². The Morgan fingerprint density at radius 3 is 2.92 bits per heavy atom. The normalized spacial score (nSPS) is 16.7. The van der Waals surface area contributed by atoms with Gasteiger partial charge in [0.25, 0.3) is 0 Å². The van der Waals surface area contributed by atoms with Gasteiger partial charge < -0.3 is 4.42 Å². The Bertz CT molecular complexity index is 454. The van der Waals surface area contributed by atoms with Crippen molar-refractivity contribution in [3.05, 3.63) is 34.5 Å². The molecule has 0 spiro atoms. The highest BCUT2D eigenvalue weighted by Gasteiger charge is 2.23. The molecule has 13 heavy (non-hydrogen) atoms. The Kier molecular flexibility index (Phi) is 1.53. The second kappa shape index (κ2) is 2.61. The van der Waals surface area contributed by atoms with Crippen LogP contribution in [0.3, 0.4) is 0 Å². The fourth-order valence-electron chi connectivity index (χ4n) is 1.69. The van der Waals surface area contributed by atoms with Crippen LogP contribution in [0.5, 0.6) is 0 Å². The predicted octanol–water partition coefficient (Wildman–Crippen LogP) is 4.07. The van der Waals surface area contributed by atoms with Gasteiger partial charge in [-0.05, 0) is 52.4 Å². The van der Waals surface area contributed by atoms with Crippen LogP contribution >= 0.6 is 15.9 Å². The summed E-state index contributed by atoms with van der Waals surface area (Å²) in [6.45, 7) is 0. The first-order valence-corrected chi connectivity index (χ1v) is 5.30. The maximum Gasteiger partial charge on any atom is 0.135 e. The largest absolute Gasteiger partial charge is 0.463 e. The fourth-order valence-corrected chi connectivity index (χ4v) is 2.09. The summed E-state index contributed by atoms with van der Waals surface area (Å²) in [5.41, 5.74) is 2.42. The number of fused-ring (bicyclic) bond motifs is 1. The third-order valence-electron chi connectivity index (χ3n) is 2.60. The van der Waals surface area contributed by atoms with Crippen molar-refractivity contribution in [2.75, 3.05) is 0 Å². The molecule has 1 aliphatic carbocycles. The van der Waals surface area contributed by atoms with Gasteiger partial charge in [0.2, 0.25) is 0 Å². The summed E-state index contributed by atoms with van der Waals surface area (Å²) in [4.78, 5) is 0. The van der Waals surface area contributed by atoms with Crippen LogP contribution in [0.25, 0.3) is 11.0 Å². The minimum absolute atomic E-state index is 0.811. The standard InChI is InChI=1S/C11H9BrO/c12-10-6-13-11-4-3-8(5-9(10)11)7-1-2-7/h3-7H,1-2H2. The summed E-state index contributed by atoms with van der Waals surface area (Å²) >= 11 is 3.48. The van der Waals surface area contributed by atoms with Crippen LogP contribution in [0.1, 0.15) is 24.3 Å². The lowest BCUT2D eigenvalue weighted by Crippen LogP contribution is -1.77. The smallest absolute Gasteiger partial charge is 0.135 e. The van der Waals surface area contributed by atoms with Crippen molar-refractivity contribution in [1.82, 2.24) is 0 Å². The Morgan fingerprint density at radius 1 is 1.31 bits per heavy atom. The van der Waals surface area contributed by atoms with Crippen LogP contribution in [0.2, 0.25) is 0 Å². The second-order valence-electron chi connectivity index (χ2n) is 3.61. The van der Waals surface area contributed by atoms with E-state index in [2.05, 4.69) is 34.1 Å². The lowest BCUT2D eigenvalue weighted by Gasteiger charge is -1.96. The summed E-state index contributed by atoms with van der Waals surface area (Å²) in [6.07, 6.45) is 4.45. The number of halogens is 1. The first-order valence-electron chi connectivity index (χ1n) is 4.51. The molecule has 0 saturated heterocycles. The van der Waals surface area contributed by atoms with Crippen LogP contribution in [0.15, 0.2) is 33.4 Å². The molecule has 0 amide bonds. The zero-order valence-electron chi connectivity index (χ0n) is 7.09. The van der Waals surface area contributed by atoms with Crippen LogP contribution in [0.4, 0.5) is 0 Å². The van der Waals surface area contributed by atoms with Crippen molar-refractivity contribution in [3.8, 4) is 0 Å². The van der Waals surface area contributed by atoms with Crippen LogP contribution in [-0.2, 0) is 0 Å². The number of rotatable bonds is 1. The predicted molar refractivity (Wildman–Crippen MR) is 55.9 cm³/mol. The van der Waals surface area contributed by atoms with Crippen molar-refractivity contribution < 1.29 is 4.42 Å². The second-order valence-corrected chi connectivity index (χ2v) is 4.47. The van der Waals surface area contributed by atoms with Gasteiger partial charge in [0.1, 0.15) is 11.8 Å². The van der Waals surface area contributed by atoms with Gasteiger partial charge >= 0.3 is 0 Å². The molecule has 1 aromatic heterocycles. The lowest BCUT2D eigenvalue weighted by molar-refractivity contribution is 0.614. The van der Waals surface area contributed by atoms with E-state index >= 15 is 0 Å². The minimum atomic E-state index is 0.811. The van der Waals surface area contributed by atoms with Gasteiger partial charge in [0.05, 0.1) is 4.47 Å². The fraction of sp³-hybridized carbons (Fsp3) is 0.273. The SMILES string of the molecule is Brc1coc2ccc(C3CC3)cc12. The number of hydrogen-bond donors (Lipinski definition) is 0. The molecule has 1 fully saturated rings. The zero-order chi connectivity index (χ0) is 8.84. The van der Waals surface area contributed by atoms with E-state index in [0.717, 1.165) is 16.0 Å². The summed E-state index contributed by atoms with van der Waals surface area (Å²) in [5, 5.41) is 1.20. The maximum absolute atomic E-state index is 5.36. The summed E-state index contributed by atoms with van der Waals surface area (Å²) in [5.74, 6) is 0.811. The number of hydrogen-bond acceptors (Lipinski definition) is 1. The van der Waals surface area contributed by atoms with Crippen molar-refractivity contribution in [2.45, 2.75) is 18.8 Å². The average molecular weight is 237 g/mol. The summed E-state index contributed by atoms with van der Waals surface area (Å²) in [6, 6.07) is 6.48. The highest BCUT2D eigenvalue weighted by atomic mass is 79.9. The minimum Gasteiger partial charge on any atom is -0.463 e. The maximum atomic E-state index is 5.36. The summed E-state index contributed by atoms with van der Waals surface area (Å²) < 4.78 is 6.42. The molecule has 1 aromatic carbocycles. The van der Waals surface area contributed by atoms with Crippen molar-refractivity contribution in [2.24, 2.45) is 0 Å². The van der Waals surface area contributed by atoms with Gasteiger partial charge in [-0.25, -0.2) is 0 Å². The van der Waals surface area contributed by atoms with E-state index < -0.39 is 0 Å². The van der Waals surface area contributed by atoms with Crippen LogP contribution in [0, 0.1) is 0 Å². The molecule has 3 rings (SSSR count). The molecule has 0 N–H and O–H groups in total. The zero-order valence-corrected chi connectivity index (χ0v) is 8.67. The monoisotopic (exact) mass is 236 g/mol. The van der Waals surface area contributed by atoms with Gasteiger partial charge in [-0.3, -0.25) is 0 Å². The Morgan fingerprint density at radius 2 is 2.15 bits per heavy atom. The molecule has 0 aliphatic heterocycles. The molecule has 0 atom stereocenters. The Labute approximate surface area is 84.9 Å². The van der Waals surface area contributed by atoms with E-state index in [9.17, 15) is 0 Å². The molecule has 1 nitrogen and oxygen atoms in total. The van der Waals surface area contributed by atoms with Crippen LogP contribution < -0.4 is 0 Å². The molecule has 0 unspecified atom stereocenters. The molecule has 0 bridgehead atoms. The molecule has 1 saturated carbocycles. The first-order chi connectivity index (χ1) is 6.34. The van der Waals surface area contributed by atoms with E-state index in [4.69, 9.17) is 4.42 Å². The van der Waals surface area contributed by atoms with Gasteiger partial charge in [0.15, 0.2) is 0 Å². The number of furan rings is 1. The van der Waals surface area contributed by atoms with E-state index in [1.807, 2.05) is 0 Å². The Hall–Kier alpha value is -0.760. The van der Waals surface area contributed by atoms with Crippen molar-refractivity contribution in [3.63, 3.8) is 0 Å². The molecule has 2 aromatic rings. The molecule has 66 valence electrons.